The van der Waals surface area contributed by atoms with Crippen molar-refractivity contribution in [3.63, 3.8) is 0 Å². The number of halogens is 1. The second kappa shape index (κ2) is 4.87. The van der Waals surface area contributed by atoms with E-state index < -0.39 is 11.8 Å². The Morgan fingerprint density at radius 2 is 2.22 bits per heavy atom. The molecule has 1 N–H and O–H groups in total. The SMILES string of the molecule is Cc1nc(COc2ccccc2F)oc1C(=O)O. The second-order valence-corrected chi connectivity index (χ2v) is 3.55. The van der Waals surface area contributed by atoms with Gasteiger partial charge in [0.2, 0.25) is 11.7 Å². The van der Waals surface area contributed by atoms with Crippen molar-refractivity contribution in [2.24, 2.45) is 0 Å². The second-order valence-electron chi connectivity index (χ2n) is 3.55. The van der Waals surface area contributed by atoms with Crippen LogP contribution in [0, 0.1) is 12.7 Å². The molecule has 0 saturated heterocycles. The fraction of sp³-hybridized carbons (Fsp3) is 0.167. The van der Waals surface area contributed by atoms with Crippen LogP contribution in [0.3, 0.4) is 0 Å². The lowest BCUT2D eigenvalue weighted by molar-refractivity contribution is 0.0657. The molecule has 0 bridgehead atoms. The lowest BCUT2D eigenvalue weighted by Crippen LogP contribution is -1.97. The normalized spacial score (nSPS) is 10.3. The highest BCUT2D eigenvalue weighted by Gasteiger charge is 2.16. The van der Waals surface area contributed by atoms with Crippen LogP contribution in [0.1, 0.15) is 22.1 Å². The van der Waals surface area contributed by atoms with Gasteiger partial charge in [0.15, 0.2) is 18.2 Å². The molecule has 0 aliphatic rings. The van der Waals surface area contributed by atoms with Gasteiger partial charge in [-0.15, -0.1) is 0 Å². The number of carbonyl (C=O) groups is 1. The first-order valence-electron chi connectivity index (χ1n) is 5.15. The van der Waals surface area contributed by atoms with Crippen LogP contribution < -0.4 is 4.74 Å². The molecule has 5 nitrogen and oxygen atoms in total. The maximum Gasteiger partial charge on any atom is 0.373 e. The standard InChI is InChI=1S/C12H10FNO4/c1-7-11(12(15)16)18-10(14-7)6-17-9-5-3-2-4-8(9)13/h2-5H,6H2,1H3,(H,15,16). The number of carboxylic acid groups (broad SMARTS) is 1. The predicted molar refractivity (Wildman–Crippen MR) is 58.9 cm³/mol. The Morgan fingerprint density at radius 3 is 2.83 bits per heavy atom. The zero-order valence-electron chi connectivity index (χ0n) is 9.51. The van der Waals surface area contributed by atoms with Crippen LogP contribution in [0.25, 0.3) is 0 Å². The number of aromatic carboxylic acids is 1. The van der Waals surface area contributed by atoms with Crippen molar-refractivity contribution in [1.82, 2.24) is 4.98 Å². The van der Waals surface area contributed by atoms with E-state index in [9.17, 15) is 9.18 Å². The van der Waals surface area contributed by atoms with Crippen molar-refractivity contribution in [2.45, 2.75) is 13.5 Å². The molecule has 0 fully saturated rings. The summed E-state index contributed by atoms with van der Waals surface area (Å²) < 4.78 is 23.4. The molecule has 0 saturated carbocycles. The molecule has 1 aromatic heterocycles. The van der Waals surface area contributed by atoms with Crippen LogP contribution in [0.2, 0.25) is 0 Å². The van der Waals surface area contributed by atoms with Gasteiger partial charge in [0.25, 0.3) is 0 Å². The molecule has 18 heavy (non-hydrogen) atoms. The zero-order valence-corrected chi connectivity index (χ0v) is 9.51. The van der Waals surface area contributed by atoms with E-state index in [1.165, 1.54) is 19.1 Å². The molecule has 0 amide bonds. The fourth-order valence-electron chi connectivity index (χ4n) is 1.41. The minimum Gasteiger partial charge on any atom is -0.481 e. The molecule has 0 spiro atoms. The lowest BCUT2D eigenvalue weighted by Gasteiger charge is -2.03. The highest BCUT2D eigenvalue weighted by atomic mass is 19.1. The van der Waals surface area contributed by atoms with Crippen LogP contribution >= 0.6 is 0 Å². The van der Waals surface area contributed by atoms with Crippen molar-refractivity contribution in [3.8, 4) is 5.75 Å². The maximum absolute atomic E-state index is 13.2. The van der Waals surface area contributed by atoms with Crippen molar-refractivity contribution in [1.29, 1.82) is 0 Å². The molecule has 1 heterocycles. The van der Waals surface area contributed by atoms with Crippen LogP contribution in [0.5, 0.6) is 5.75 Å². The summed E-state index contributed by atoms with van der Waals surface area (Å²) >= 11 is 0. The van der Waals surface area contributed by atoms with Crippen LogP contribution in [0.4, 0.5) is 4.39 Å². The summed E-state index contributed by atoms with van der Waals surface area (Å²) in [7, 11) is 0. The van der Waals surface area contributed by atoms with E-state index in [0.29, 0.717) is 0 Å². The third-order valence-corrected chi connectivity index (χ3v) is 2.22. The van der Waals surface area contributed by atoms with Gasteiger partial charge >= 0.3 is 5.97 Å². The topological polar surface area (TPSA) is 72.6 Å². The number of para-hydroxylation sites is 1. The van der Waals surface area contributed by atoms with Gasteiger partial charge in [-0.1, -0.05) is 12.1 Å². The lowest BCUT2D eigenvalue weighted by atomic mass is 10.3. The van der Waals surface area contributed by atoms with E-state index in [0.717, 1.165) is 0 Å². The average Bonchev–Trinajstić information content (AvgIpc) is 2.70. The summed E-state index contributed by atoms with van der Waals surface area (Å²) in [4.78, 5) is 14.6. The van der Waals surface area contributed by atoms with E-state index in [1.54, 1.807) is 12.1 Å². The summed E-state index contributed by atoms with van der Waals surface area (Å²) in [5.74, 6) is -1.78. The Morgan fingerprint density at radius 1 is 1.50 bits per heavy atom. The number of nitrogens with zero attached hydrogens (tertiary/aromatic N) is 1. The highest BCUT2D eigenvalue weighted by Crippen LogP contribution is 2.18. The van der Waals surface area contributed by atoms with Crippen molar-refractivity contribution in [3.05, 3.63) is 47.4 Å². The first-order chi connectivity index (χ1) is 8.58. The molecular formula is C12H10FNO4. The summed E-state index contributed by atoms with van der Waals surface area (Å²) in [6.07, 6.45) is 0. The number of aromatic nitrogens is 1. The molecule has 1 aromatic carbocycles. The monoisotopic (exact) mass is 251 g/mol. The molecule has 0 radical (unpaired) electrons. The van der Waals surface area contributed by atoms with E-state index in [-0.39, 0.29) is 29.7 Å². The van der Waals surface area contributed by atoms with Crippen LogP contribution in [-0.2, 0) is 6.61 Å². The third-order valence-electron chi connectivity index (χ3n) is 2.22. The van der Waals surface area contributed by atoms with Gasteiger partial charge in [0.05, 0.1) is 5.69 Å². The van der Waals surface area contributed by atoms with Crippen LogP contribution in [-0.4, -0.2) is 16.1 Å². The molecule has 2 rings (SSSR count). The number of benzene rings is 1. The van der Waals surface area contributed by atoms with E-state index >= 15 is 0 Å². The summed E-state index contributed by atoms with van der Waals surface area (Å²) in [5, 5.41) is 8.77. The number of rotatable bonds is 4. The number of aryl methyl sites for hydroxylation is 1. The zero-order chi connectivity index (χ0) is 13.1. The number of hydrogen-bond acceptors (Lipinski definition) is 4. The summed E-state index contributed by atoms with van der Waals surface area (Å²) in [5.41, 5.74) is 0.259. The Kier molecular flexibility index (Phi) is 3.27. The molecule has 0 aliphatic heterocycles. The van der Waals surface area contributed by atoms with Gasteiger partial charge in [-0.2, -0.15) is 0 Å². The highest BCUT2D eigenvalue weighted by molar-refractivity contribution is 5.85. The summed E-state index contributed by atoms with van der Waals surface area (Å²) in [6.45, 7) is 1.38. The Bertz CT molecular complexity index is 579. The first-order valence-corrected chi connectivity index (χ1v) is 5.15. The minimum atomic E-state index is -1.20. The van der Waals surface area contributed by atoms with Crippen molar-refractivity contribution >= 4 is 5.97 Å². The number of ether oxygens (including phenoxy) is 1. The third kappa shape index (κ3) is 2.48. The summed E-state index contributed by atoms with van der Waals surface area (Å²) in [6, 6.07) is 5.89. The van der Waals surface area contributed by atoms with Gasteiger partial charge in [0.1, 0.15) is 0 Å². The Balaban J connectivity index is 2.09. The molecule has 0 unspecified atom stereocenters. The quantitative estimate of drug-likeness (QED) is 0.903. The number of hydrogen-bond donors (Lipinski definition) is 1. The average molecular weight is 251 g/mol. The molecule has 2 aromatic rings. The Labute approximate surface area is 102 Å². The maximum atomic E-state index is 13.2. The largest absolute Gasteiger partial charge is 0.481 e. The number of oxazole rings is 1. The predicted octanol–water partition coefficient (Wildman–Crippen LogP) is 2.40. The minimum absolute atomic E-state index is 0.0604. The molecule has 6 heteroatoms. The van der Waals surface area contributed by atoms with Gasteiger partial charge in [-0.05, 0) is 19.1 Å². The van der Waals surface area contributed by atoms with Gasteiger partial charge in [-0.3, -0.25) is 0 Å². The molecular weight excluding hydrogens is 241 g/mol. The smallest absolute Gasteiger partial charge is 0.373 e. The van der Waals surface area contributed by atoms with Crippen molar-refractivity contribution in [2.75, 3.05) is 0 Å². The first kappa shape index (κ1) is 12.1. The van der Waals surface area contributed by atoms with Crippen LogP contribution in [0.15, 0.2) is 28.7 Å². The van der Waals surface area contributed by atoms with E-state index in [2.05, 4.69) is 4.98 Å². The van der Waals surface area contributed by atoms with E-state index in [4.69, 9.17) is 14.3 Å². The molecule has 0 aliphatic carbocycles. The van der Waals surface area contributed by atoms with Gasteiger partial charge < -0.3 is 14.3 Å². The molecule has 0 atom stereocenters. The van der Waals surface area contributed by atoms with E-state index in [1.807, 2.05) is 0 Å². The van der Waals surface area contributed by atoms with Gasteiger partial charge in [0, 0.05) is 0 Å². The fourth-order valence-corrected chi connectivity index (χ4v) is 1.41. The Hall–Kier alpha value is -2.37. The van der Waals surface area contributed by atoms with Gasteiger partial charge in [-0.25, -0.2) is 14.2 Å². The van der Waals surface area contributed by atoms with Crippen molar-refractivity contribution < 1.29 is 23.4 Å². The number of carboxylic acids is 1. The molecule has 94 valence electrons.